The summed E-state index contributed by atoms with van der Waals surface area (Å²) in [5.74, 6) is 0.571. The van der Waals surface area contributed by atoms with Gasteiger partial charge in [-0.25, -0.2) is 0 Å². The van der Waals surface area contributed by atoms with Crippen LogP contribution >= 0.6 is 11.6 Å². The van der Waals surface area contributed by atoms with Crippen LogP contribution in [0, 0.1) is 0 Å². The molecule has 20 heavy (non-hydrogen) atoms. The van der Waals surface area contributed by atoms with E-state index in [9.17, 15) is 9.90 Å². The molecule has 5 heteroatoms. The summed E-state index contributed by atoms with van der Waals surface area (Å²) in [6, 6.07) is 5.23. The second-order valence-electron chi connectivity index (χ2n) is 5.53. The van der Waals surface area contributed by atoms with Gasteiger partial charge in [0.05, 0.1) is 12.1 Å². The van der Waals surface area contributed by atoms with Crippen molar-refractivity contribution in [2.24, 2.45) is 0 Å². The summed E-state index contributed by atoms with van der Waals surface area (Å²) in [6.45, 7) is 0. The van der Waals surface area contributed by atoms with Gasteiger partial charge in [0, 0.05) is 11.4 Å². The third kappa shape index (κ3) is 2.76. The fraction of sp³-hybridized carbons (Fsp3) is 0.533. The van der Waals surface area contributed by atoms with Crippen LogP contribution < -0.4 is 10.1 Å². The molecule has 108 valence electrons. The molecule has 0 aromatic heterocycles. The number of carbonyl (C=O) groups excluding carboxylic acids is 1. The van der Waals surface area contributed by atoms with Crippen molar-refractivity contribution < 1.29 is 14.6 Å². The summed E-state index contributed by atoms with van der Waals surface area (Å²) in [5.41, 5.74) is 0.960. The van der Waals surface area contributed by atoms with Gasteiger partial charge in [0.2, 0.25) is 0 Å². The second-order valence-corrected chi connectivity index (χ2v) is 5.97. The smallest absolute Gasteiger partial charge is 0.261 e. The minimum Gasteiger partial charge on any atom is -0.480 e. The average Bonchev–Trinajstić information content (AvgIpc) is 2.84. The van der Waals surface area contributed by atoms with Gasteiger partial charge >= 0.3 is 0 Å². The largest absolute Gasteiger partial charge is 0.480 e. The van der Waals surface area contributed by atoms with E-state index in [2.05, 4.69) is 5.32 Å². The van der Waals surface area contributed by atoms with E-state index in [1.165, 1.54) is 0 Å². The van der Waals surface area contributed by atoms with Gasteiger partial charge in [-0.3, -0.25) is 4.79 Å². The number of ether oxygens (including phenoxy) is 1. The van der Waals surface area contributed by atoms with Crippen molar-refractivity contribution in [3.05, 3.63) is 28.8 Å². The fourth-order valence-corrected chi connectivity index (χ4v) is 3.11. The van der Waals surface area contributed by atoms with Crippen molar-refractivity contribution in [2.45, 2.75) is 50.4 Å². The van der Waals surface area contributed by atoms with Crippen LogP contribution in [-0.4, -0.2) is 29.3 Å². The number of rotatable bonds is 2. The highest BCUT2D eigenvalue weighted by molar-refractivity contribution is 6.30. The number of halogens is 1. The SMILES string of the molecule is O=C(N[C@H]1CCCC[C@@H]1O)C1Cc2cc(Cl)ccc2O1. The van der Waals surface area contributed by atoms with Crippen molar-refractivity contribution in [1.29, 1.82) is 0 Å². The first-order chi connectivity index (χ1) is 9.63. The Hall–Kier alpha value is -1.26. The Kier molecular flexibility index (Phi) is 3.85. The number of hydrogen-bond donors (Lipinski definition) is 2. The van der Waals surface area contributed by atoms with Crippen LogP contribution in [0.4, 0.5) is 0 Å². The molecule has 1 saturated carbocycles. The number of hydrogen-bond acceptors (Lipinski definition) is 3. The van der Waals surface area contributed by atoms with Crippen LogP contribution in [0.2, 0.25) is 5.02 Å². The Balaban J connectivity index is 1.62. The standard InChI is InChI=1S/C15H18ClNO3/c16-10-5-6-13-9(7-10)8-14(20-13)15(19)17-11-3-1-2-4-12(11)18/h5-7,11-12,14,18H,1-4,8H2,(H,17,19)/t11-,12-,14?/m0/s1. The van der Waals surface area contributed by atoms with Crippen LogP contribution in [0.1, 0.15) is 31.2 Å². The van der Waals surface area contributed by atoms with Crippen LogP contribution in [0.3, 0.4) is 0 Å². The first kappa shape index (κ1) is 13.7. The highest BCUT2D eigenvalue weighted by Gasteiger charge is 2.32. The van der Waals surface area contributed by atoms with E-state index in [4.69, 9.17) is 16.3 Å². The predicted octanol–water partition coefficient (Wildman–Crippen LogP) is 2.06. The van der Waals surface area contributed by atoms with Gasteiger partial charge in [-0.1, -0.05) is 24.4 Å². The molecule has 2 N–H and O–H groups in total. The molecule has 1 aliphatic carbocycles. The molecule has 1 aromatic rings. The van der Waals surface area contributed by atoms with E-state index in [1.807, 2.05) is 6.07 Å². The van der Waals surface area contributed by atoms with Crippen molar-refractivity contribution in [3.8, 4) is 5.75 Å². The highest BCUT2D eigenvalue weighted by atomic mass is 35.5. The lowest BCUT2D eigenvalue weighted by molar-refractivity contribution is -0.129. The van der Waals surface area contributed by atoms with Gasteiger partial charge in [-0.2, -0.15) is 0 Å². The van der Waals surface area contributed by atoms with Crippen LogP contribution in [-0.2, 0) is 11.2 Å². The van der Waals surface area contributed by atoms with Gasteiger partial charge < -0.3 is 15.2 Å². The number of aliphatic hydroxyl groups is 1. The monoisotopic (exact) mass is 295 g/mol. The number of carbonyl (C=O) groups is 1. The van der Waals surface area contributed by atoms with Crippen molar-refractivity contribution in [1.82, 2.24) is 5.32 Å². The van der Waals surface area contributed by atoms with Gasteiger partial charge in [-0.15, -0.1) is 0 Å². The normalized spacial score (nSPS) is 28.6. The Morgan fingerprint density at radius 2 is 2.15 bits per heavy atom. The Labute approximate surface area is 123 Å². The van der Waals surface area contributed by atoms with Crippen LogP contribution in [0.15, 0.2) is 18.2 Å². The second kappa shape index (κ2) is 5.62. The summed E-state index contributed by atoms with van der Waals surface area (Å²) in [4.78, 5) is 12.2. The number of benzene rings is 1. The Morgan fingerprint density at radius 1 is 1.35 bits per heavy atom. The summed E-state index contributed by atoms with van der Waals surface area (Å²) in [5, 5.41) is 13.5. The molecule has 0 saturated heterocycles. The molecule has 1 aromatic carbocycles. The van der Waals surface area contributed by atoms with Crippen LogP contribution in [0.5, 0.6) is 5.75 Å². The van der Waals surface area contributed by atoms with E-state index in [0.29, 0.717) is 11.4 Å². The zero-order valence-electron chi connectivity index (χ0n) is 11.1. The molecule has 0 spiro atoms. The topological polar surface area (TPSA) is 58.6 Å². The van der Waals surface area contributed by atoms with E-state index in [0.717, 1.165) is 37.0 Å². The first-order valence-corrected chi connectivity index (χ1v) is 7.45. The summed E-state index contributed by atoms with van der Waals surface area (Å²) in [7, 11) is 0. The molecular weight excluding hydrogens is 278 g/mol. The van der Waals surface area contributed by atoms with Crippen LogP contribution in [0.25, 0.3) is 0 Å². The molecule has 1 fully saturated rings. The number of aliphatic hydroxyl groups excluding tert-OH is 1. The molecule has 0 radical (unpaired) electrons. The van der Waals surface area contributed by atoms with Gasteiger partial charge in [0.15, 0.2) is 6.10 Å². The molecule has 3 atom stereocenters. The number of nitrogens with one attached hydrogen (secondary N) is 1. The molecule has 2 aliphatic rings. The zero-order chi connectivity index (χ0) is 14.1. The molecule has 1 unspecified atom stereocenters. The van der Waals surface area contributed by atoms with Gasteiger partial charge in [0.25, 0.3) is 5.91 Å². The maximum atomic E-state index is 12.2. The highest BCUT2D eigenvalue weighted by Crippen LogP contribution is 2.31. The fourth-order valence-electron chi connectivity index (χ4n) is 2.92. The summed E-state index contributed by atoms with van der Waals surface area (Å²) < 4.78 is 5.65. The molecule has 4 nitrogen and oxygen atoms in total. The van der Waals surface area contributed by atoms with Crippen molar-refractivity contribution in [3.63, 3.8) is 0 Å². The summed E-state index contributed by atoms with van der Waals surface area (Å²) in [6.07, 6.45) is 3.24. The van der Waals surface area contributed by atoms with Gasteiger partial charge in [-0.05, 0) is 36.6 Å². The van der Waals surface area contributed by atoms with E-state index >= 15 is 0 Å². The lowest BCUT2D eigenvalue weighted by Crippen LogP contribution is -2.49. The predicted molar refractivity (Wildman–Crippen MR) is 76.0 cm³/mol. The molecule has 3 rings (SSSR count). The minimum atomic E-state index is -0.516. The third-order valence-electron chi connectivity index (χ3n) is 4.05. The number of amides is 1. The molecular formula is C15H18ClNO3. The average molecular weight is 296 g/mol. The quantitative estimate of drug-likeness (QED) is 0.878. The van der Waals surface area contributed by atoms with E-state index in [1.54, 1.807) is 12.1 Å². The lowest BCUT2D eigenvalue weighted by Gasteiger charge is -2.29. The zero-order valence-corrected chi connectivity index (χ0v) is 11.9. The molecule has 1 aliphatic heterocycles. The van der Waals surface area contributed by atoms with Crippen molar-refractivity contribution >= 4 is 17.5 Å². The molecule has 1 heterocycles. The third-order valence-corrected chi connectivity index (χ3v) is 4.28. The Morgan fingerprint density at radius 3 is 2.95 bits per heavy atom. The lowest BCUT2D eigenvalue weighted by atomic mass is 9.92. The molecule has 1 amide bonds. The van der Waals surface area contributed by atoms with Gasteiger partial charge in [0.1, 0.15) is 5.75 Å². The summed E-state index contributed by atoms with van der Waals surface area (Å²) >= 11 is 5.94. The maximum absolute atomic E-state index is 12.2. The Bertz CT molecular complexity index is 520. The minimum absolute atomic E-state index is 0.146. The van der Waals surface area contributed by atoms with Crippen molar-refractivity contribution in [2.75, 3.05) is 0 Å². The molecule has 0 bridgehead atoms. The first-order valence-electron chi connectivity index (χ1n) is 7.07. The number of fused-ring (bicyclic) bond motifs is 1. The van der Waals surface area contributed by atoms with E-state index < -0.39 is 12.2 Å². The maximum Gasteiger partial charge on any atom is 0.261 e. The van der Waals surface area contributed by atoms with E-state index in [-0.39, 0.29) is 11.9 Å².